The van der Waals surface area contributed by atoms with E-state index in [2.05, 4.69) is 50.1 Å². The first-order valence-corrected chi connectivity index (χ1v) is 10.1. The molecule has 6 heteroatoms. The predicted molar refractivity (Wildman–Crippen MR) is 106 cm³/mol. The number of hydrogen-bond acceptors (Lipinski definition) is 4. The minimum absolute atomic E-state index is 0.0138. The Balaban J connectivity index is 1.65. The molecule has 1 N–H and O–H groups in total. The third-order valence-electron chi connectivity index (χ3n) is 5.04. The molecule has 0 amide bonds. The van der Waals surface area contributed by atoms with E-state index in [1.165, 1.54) is 16.9 Å². The molecule has 0 bridgehead atoms. The minimum Gasteiger partial charge on any atom is -0.309 e. The Labute approximate surface area is 159 Å². The van der Waals surface area contributed by atoms with Crippen molar-refractivity contribution in [1.29, 1.82) is 0 Å². The summed E-state index contributed by atoms with van der Waals surface area (Å²) in [5.41, 5.74) is 2.35. The van der Waals surface area contributed by atoms with Crippen LogP contribution < -0.4 is 5.56 Å². The van der Waals surface area contributed by atoms with Gasteiger partial charge in [-0.05, 0) is 56.5 Å². The molecule has 0 saturated carbocycles. The lowest BCUT2D eigenvalue weighted by Gasteiger charge is -2.24. The Morgan fingerprint density at radius 1 is 1.40 bits per heavy atom. The second-order valence-corrected chi connectivity index (χ2v) is 8.78. The SMILES string of the molecule is Cc1sc2nc(CN3CCCC3c3cccc(Br)c3)[nH]c(=O)c2c1C. The van der Waals surface area contributed by atoms with Gasteiger partial charge in [-0.3, -0.25) is 9.69 Å². The molecule has 0 spiro atoms. The molecule has 4 rings (SSSR count). The second-order valence-electron chi connectivity index (χ2n) is 6.66. The quantitative estimate of drug-likeness (QED) is 0.671. The Kier molecular flexibility index (Phi) is 4.52. The monoisotopic (exact) mass is 417 g/mol. The van der Waals surface area contributed by atoms with Gasteiger partial charge in [0, 0.05) is 15.4 Å². The molecule has 4 nitrogen and oxygen atoms in total. The number of rotatable bonds is 3. The molecule has 3 heterocycles. The van der Waals surface area contributed by atoms with Crippen molar-refractivity contribution in [1.82, 2.24) is 14.9 Å². The highest BCUT2D eigenvalue weighted by molar-refractivity contribution is 9.10. The lowest BCUT2D eigenvalue weighted by atomic mass is 10.0. The zero-order chi connectivity index (χ0) is 17.6. The van der Waals surface area contributed by atoms with Crippen LogP contribution in [0.4, 0.5) is 0 Å². The molecule has 0 aliphatic carbocycles. The highest BCUT2D eigenvalue weighted by atomic mass is 79.9. The van der Waals surface area contributed by atoms with Crippen molar-refractivity contribution in [2.45, 2.75) is 39.3 Å². The van der Waals surface area contributed by atoms with Crippen LogP contribution >= 0.6 is 27.3 Å². The van der Waals surface area contributed by atoms with E-state index >= 15 is 0 Å². The van der Waals surface area contributed by atoms with Gasteiger partial charge >= 0.3 is 0 Å². The fourth-order valence-corrected chi connectivity index (χ4v) is 5.14. The van der Waals surface area contributed by atoms with Gasteiger partial charge in [0.25, 0.3) is 5.56 Å². The third-order valence-corrected chi connectivity index (χ3v) is 6.63. The van der Waals surface area contributed by atoms with Gasteiger partial charge in [0.2, 0.25) is 0 Å². The van der Waals surface area contributed by atoms with E-state index in [1.807, 2.05) is 13.8 Å². The number of halogens is 1. The smallest absolute Gasteiger partial charge is 0.259 e. The Bertz CT molecular complexity index is 994. The number of nitrogens with one attached hydrogen (secondary N) is 1. The first kappa shape index (κ1) is 16.9. The molecule has 1 unspecified atom stereocenters. The molecule has 130 valence electrons. The number of H-pyrrole nitrogens is 1. The van der Waals surface area contributed by atoms with E-state index in [4.69, 9.17) is 4.98 Å². The maximum atomic E-state index is 12.5. The molecule has 0 radical (unpaired) electrons. The number of hydrogen-bond donors (Lipinski definition) is 1. The zero-order valence-electron chi connectivity index (χ0n) is 14.3. The lowest BCUT2D eigenvalue weighted by molar-refractivity contribution is 0.242. The highest BCUT2D eigenvalue weighted by Gasteiger charge is 2.27. The minimum atomic E-state index is -0.0138. The number of aromatic nitrogens is 2. The summed E-state index contributed by atoms with van der Waals surface area (Å²) in [4.78, 5) is 24.7. The van der Waals surface area contributed by atoms with Crippen LogP contribution in [0.5, 0.6) is 0 Å². The molecule has 1 fully saturated rings. The maximum absolute atomic E-state index is 12.5. The highest BCUT2D eigenvalue weighted by Crippen LogP contribution is 2.34. The van der Waals surface area contributed by atoms with Crippen LogP contribution in [0.25, 0.3) is 10.2 Å². The van der Waals surface area contributed by atoms with Crippen LogP contribution in [0.15, 0.2) is 33.5 Å². The molecule has 1 saturated heterocycles. The average Bonchev–Trinajstić information content (AvgIpc) is 3.13. The van der Waals surface area contributed by atoms with Gasteiger partial charge in [0.05, 0.1) is 11.9 Å². The van der Waals surface area contributed by atoms with Crippen LogP contribution in [0.1, 0.15) is 40.7 Å². The fourth-order valence-electron chi connectivity index (χ4n) is 3.67. The van der Waals surface area contributed by atoms with E-state index in [-0.39, 0.29) is 5.56 Å². The summed E-state index contributed by atoms with van der Waals surface area (Å²) in [6.07, 6.45) is 2.31. The van der Waals surface area contributed by atoms with Crippen molar-refractivity contribution in [2.75, 3.05) is 6.54 Å². The van der Waals surface area contributed by atoms with Crippen molar-refractivity contribution in [3.05, 3.63) is 60.9 Å². The predicted octanol–water partition coefficient (Wildman–Crippen LogP) is 4.70. The average molecular weight is 418 g/mol. The summed E-state index contributed by atoms with van der Waals surface area (Å²) in [6.45, 7) is 5.75. The van der Waals surface area contributed by atoms with Gasteiger partial charge in [-0.1, -0.05) is 28.1 Å². The van der Waals surface area contributed by atoms with E-state index in [0.717, 1.165) is 39.0 Å². The van der Waals surface area contributed by atoms with Crippen molar-refractivity contribution >= 4 is 37.5 Å². The van der Waals surface area contributed by atoms with Crippen LogP contribution in [-0.4, -0.2) is 21.4 Å². The Hall–Kier alpha value is -1.50. The van der Waals surface area contributed by atoms with Crippen LogP contribution in [0, 0.1) is 13.8 Å². The zero-order valence-corrected chi connectivity index (χ0v) is 16.7. The largest absolute Gasteiger partial charge is 0.309 e. The van der Waals surface area contributed by atoms with Crippen molar-refractivity contribution in [2.24, 2.45) is 0 Å². The first-order chi connectivity index (χ1) is 12.0. The van der Waals surface area contributed by atoms with Crippen molar-refractivity contribution in [3.8, 4) is 0 Å². The van der Waals surface area contributed by atoms with Gasteiger partial charge in [0.1, 0.15) is 10.7 Å². The van der Waals surface area contributed by atoms with Crippen LogP contribution in [0.2, 0.25) is 0 Å². The summed E-state index contributed by atoms with van der Waals surface area (Å²) in [5.74, 6) is 0.764. The first-order valence-electron chi connectivity index (χ1n) is 8.51. The normalized spacial score (nSPS) is 18.3. The molecule has 1 aromatic carbocycles. The van der Waals surface area contributed by atoms with Gasteiger partial charge in [-0.2, -0.15) is 0 Å². The number of aryl methyl sites for hydroxylation is 2. The second kappa shape index (κ2) is 6.67. The molecule has 2 aromatic heterocycles. The molecular formula is C19H20BrN3OS. The topological polar surface area (TPSA) is 49.0 Å². The summed E-state index contributed by atoms with van der Waals surface area (Å²) < 4.78 is 1.11. The van der Waals surface area contributed by atoms with E-state index in [1.54, 1.807) is 11.3 Å². The van der Waals surface area contributed by atoms with Gasteiger partial charge in [-0.25, -0.2) is 4.98 Å². The van der Waals surface area contributed by atoms with Gasteiger partial charge < -0.3 is 4.98 Å². The summed E-state index contributed by atoms with van der Waals surface area (Å²) in [5, 5.41) is 0.746. The molecule has 1 atom stereocenters. The summed E-state index contributed by atoms with van der Waals surface area (Å²) in [7, 11) is 0. The standard InChI is InChI=1S/C19H20BrN3OS/c1-11-12(2)25-19-17(11)18(24)21-16(22-19)10-23-8-4-7-15(23)13-5-3-6-14(20)9-13/h3,5-6,9,15H,4,7-8,10H2,1-2H3,(H,21,22,24). The maximum Gasteiger partial charge on any atom is 0.259 e. The molecule has 1 aliphatic heterocycles. The molecule has 1 aliphatic rings. The summed E-state index contributed by atoms with van der Waals surface area (Å²) in [6, 6.07) is 8.88. The van der Waals surface area contributed by atoms with Crippen molar-refractivity contribution in [3.63, 3.8) is 0 Å². The molecular weight excluding hydrogens is 398 g/mol. The third kappa shape index (κ3) is 3.18. The van der Waals surface area contributed by atoms with Gasteiger partial charge in [0.15, 0.2) is 0 Å². The van der Waals surface area contributed by atoms with Gasteiger partial charge in [-0.15, -0.1) is 11.3 Å². The lowest BCUT2D eigenvalue weighted by Crippen LogP contribution is -2.25. The number of aromatic amines is 1. The van der Waals surface area contributed by atoms with Crippen molar-refractivity contribution < 1.29 is 0 Å². The Morgan fingerprint density at radius 3 is 3.04 bits per heavy atom. The van der Waals surface area contributed by atoms with E-state index < -0.39 is 0 Å². The molecule has 3 aromatic rings. The number of benzene rings is 1. The van der Waals surface area contributed by atoms with E-state index in [0.29, 0.717) is 12.6 Å². The number of thiophene rings is 1. The molecule has 25 heavy (non-hydrogen) atoms. The van der Waals surface area contributed by atoms with Crippen LogP contribution in [-0.2, 0) is 6.54 Å². The number of likely N-dealkylation sites (tertiary alicyclic amines) is 1. The Morgan fingerprint density at radius 2 is 2.24 bits per heavy atom. The number of fused-ring (bicyclic) bond motifs is 1. The summed E-state index contributed by atoms with van der Waals surface area (Å²) >= 11 is 5.17. The fraction of sp³-hybridized carbons (Fsp3) is 0.368. The number of nitrogens with zero attached hydrogens (tertiary/aromatic N) is 2. The van der Waals surface area contributed by atoms with E-state index in [9.17, 15) is 4.79 Å². The van der Waals surface area contributed by atoms with Crippen LogP contribution in [0.3, 0.4) is 0 Å².